The maximum Gasteiger partial charge on any atom is 0.191 e. The van der Waals surface area contributed by atoms with E-state index in [1.807, 2.05) is 42.8 Å². The van der Waals surface area contributed by atoms with Gasteiger partial charge >= 0.3 is 0 Å². The smallest absolute Gasteiger partial charge is 0.191 e. The van der Waals surface area contributed by atoms with Gasteiger partial charge in [0.15, 0.2) is 16.8 Å². The SMILES string of the molecule is Cc1[nH]c2ccccc2c1C(=O)CSc1nnc(-c2ccc(C(C)(C)C)cc2)n1C. The van der Waals surface area contributed by atoms with Gasteiger partial charge in [0.1, 0.15) is 0 Å². The Morgan fingerprint density at radius 3 is 2.47 bits per heavy atom. The molecule has 4 rings (SSSR count). The van der Waals surface area contributed by atoms with Crippen LogP contribution in [0.15, 0.2) is 53.7 Å². The van der Waals surface area contributed by atoms with E-state index in [1.165, 1.54) is 17.3 Å². The number of hydrogen-bond acceptors (Lipinski definition) is 4. The van der Waals surface area contributed by atoms with Gasteiger partial charge in [-0.3, -0.25) is 4.79 Å². The van der Waals surface area contributed by atoms with Gasteiger partial charge in [0, 0.05) is 34.8 Å². The lowest BCUT2D eigenvalue weighted by atomic mass is 9.87. The molecule has 0 fully saturated rings. The fourth-order valence-corrected chi connectivity index (χ4v) is 4.43. The number of para-hydroxylation sites is 1. The average molecular weight is 419 g/mol. The van der Waals surface area contributed by atoms with Gasteiger partial charge in [-0.1, -0.05) is 75.0 Å². The number of hydrogen-bond donors (Lipinski definition) is 1. The van der Waals surface area contributed by atoms with Crippen molar-refractivity contribution in [2.75, 3.05) is 5.75 Å². The van der Waals surface area contributed by atoms with E-state index in [0.717, 1.165) is 38.7 Å². The molecule has 0 radical (unpaired) electrons. The van der Waals surface area contributed by atoms with E-state index in [-0.39, 0.29) is 11.2 Å². The number of carbonyl (C=O) groups is 1. The molecule has 4 aromatic rings. The molecule has 0 saturated carbocycles. The van der Waals surface area contributed by atoms with Crippen LogP contribution in [0.25, 0.3) is 22.3 Å². The molecule has 0 saturated heterocycles. The number of H-pyrrole nitrogens is 1. The van der Waals surface area contributed by atoms with Crippen molar-refractivity contribution in [2.24, 2.45) is 7.05 Å². The summed E-state index contributed by atoms with van der Waals surface area (Å²) in [5.74, 6) is 1.21. The molecular formula is C24H26N4OS. The van der Waals surface area contributed by atoms with Crippen molar-refractivity contribution >= 4 is 28.4 Å². The summed E-state index contributed by atoms with van der Waals surface area (Å²) >= 11 is 1.42. The van der Waals surface area contributed by atoms with Crippen molar-refractivity contribution in [1.29, 1.82) is 0 Å². The summed E-state index contributed by atoms with van der Waals surface area (Å²) in [6.07, 6.45) is 0. The number of thioether (sulfide) groups is 1. The number of fused-ring (bicyclic) bond motifs is 1. The zero-order chi connectivity index (χ0) is 21.5. The summed E-state index contributed by atoms with van der Waals surface area (Å²) in [5.41, 5.74) is 5.06. The Bertz CT molecular complexity index is 1210. The maximum atomic E-state index is 12.9. The zero-order valence-electron chi connectivity index (χ0n) is 18.0. The molecule has 0 spiro atoms. The van der Waals surface area contributed by atoms with E-state index >= 15 is 0 Å². The third kappa shape index (κ3) is 3.79. The first-order valence-corrected chi connectivity index (χ1v) is 11.0. The molecule has 0 aliphatic rings. The second-order valence-electron chi connectivity index (χ2n) is 8.57. The van der Waals surface area contributed by atoms with Gasteiger partial charge < -0.3 is 9.55 Å². The Labute approximate surface area is 180 Å². The minimum Gasteiger partial charge on any atom is -0.358 e. The lowest BCUT2D eigenvalue weighted by Gasteiger charge is -2.19. The number of ketones is 1. The van der Waals surface area contributed by atoms with Gasteiger partial charge in [-0.05, 0) is 24.0 Å². The Morgan fingerprint density at radius 2 is 1.77 bits per heavy atom. The second kappa shape index (κ2) is 7.76. The Hall–Kier alpha value is -2.86. The molecule has 0 aliphatic heterocycles. The van der Waals surface area contributed by atoms with E-state index in [1.54, 1.807) is 0 Å². The van der Waals surface area contributed by atoms with Crippen LogP contribution in [0.2, 0.25) is 0 Å². The molecule has 1 N–H and O–H groups in total. The van der Waals surface area contributed by atoms with E-state index in [9.17, 15) is 4.79 Å². The van der Waals surface area contributed by atoms with E-state index in [4.69, 9.17) is 0 Å². The van der Waals surface area contributed by atoms with Gasteiger partial charge in [-0.15, -0.1) is 10.2 Å². The number of aryl methyl sites for hydroxylation is 1. The number of rotatable bonds is 5. The highest BCUT2D eigenvalue weighted by molar-refractivity contribution is 7.99. The van der Waals surface area contributed by atoms with Gasteiger partial charge in [-0.25, -0.2) is 0 Å². The second-order valence-corrected chi connectivity index (χ2v) is 9.52. The van der Waals surface area contributed by atoms with Crippen LogP contribution in [0.1, 0.15) is 42.4 Å². The molecule has 0 bridgehead atoms. The summed E-state index contributed by atoms with van der Waals surface area (Å²) in [6, 6.07) is 16.3. The molecule has 0 aliphatic carbocycles. The summed E-state index contributed by atoms with van der Waals surface area (Å²) in [4.78, 5) is 16.2. The molecule has 154 valence electrons. The van der Waals surface area contributed by atoms with Crippen molar-refractivity contribution in [3.8, 4) is 11.4 Å². The van der Waals surface area contributed by atoms with Crippen LogP contribution in [0.4, 0.5) is 0 Å². The number of nitrogens with zero attached hydrogens (tertiary/aromatic N) is 3. The Kier molecular flexibility index (Phi) is 5.28. The molecule has 2 aromatic heterocycles. The number of benzene rings is 2. The molecule has 0 unspecified atom stereocenters. The van der Waals surface area contributed by atoms with Crippen LogP contribution in [-0.2, 0) is 12.5 Å². The predicted octanol–water partition coefficient (Wildman–Crippen LogP) is 5.54. The fourth-order valence-electron chi connectivity index (χ4n) is 3.65. The number of Topliss-reactive ketones (excluding diaryl/α,β-unsaturated/α-hetero) is 1. The predicted molar refractivity (Wildman–Crippen MR) is 123 cm³/mol. The number of carbonyl (C=O) groups excluding carboxylic acids is 1. The van der Waals surface area contributed by atoms with Crippen molar-refractivity contribution in [3.63, 3.8) is 0 Å². The van der Waals surface area contributed by atoms with Crippen molar-refractivity contribution < 1.29 is 4.79 Å². The average Bonchev–Trinajstić information content (AvgIpc) is 3.24. The van der Waals surface area contributed by atoms with Crippen LogP contribution in [0, 0.1) is 6.92 Å². The van der Waals surface area contributed by atoms with Gasteiger partial charge in [0.25, 0.3) is 0 Å². The van der Waals surface area contributed by atoms with E-state index < -0.39 is 0 Å². The maximum absolute atomic E-state index is 12.9. The molecule has 5 nitrogen and oxygen atoms in total. The highest BCUT2D eigenvalue weighted by Gasteiger charge is 2.19. The van der Waals surface area contributed by atoms with Crippen molar-refractivity contribution in [1.82, 2.24) is 19.7 Å². The zero-order valence-corrected chi connectivity index (χ0v) is 18.8. The van der Waals surface area contributed by atoms with Crippen LogP contribution in [-0.4, -0.2) is 31.3 Å². The standard InChI is InChI=1S/C24H26N4OS/c1-15-21(18-8-6-7-9-19(18)25-15)20(29)14-30-23-27-26-22(28(23)5)16-10-12-17(13-11-16)24(2,3)4/h6-13,25H,14H2,1-5H3. The number of nitrogens with one attached hydrogen (secondary N) is 1. The number of aromatic nitrogens is 4. The lowest BCUT2D eigenvalue weighted by molar-refractivity contribution is 0.102. The third-order valence-electron chi connectivity index (χ3n) is 5.35. The van der Waals surface area contributed by atoms with Gasteiger partial charge in [0.05, 0.1) is 5.75 Å². The van der Waals surface area contributed by atoms with Crippen LogP contribution >= 0.6 is 11.8 Å². The van der Waals surface area contributed by atoms with E-state index in [2.05, 4.69) is 60.2 Å². The minimum absolute atomic E-state index is 0.0917. The molecule has 0 atom stereocenters. The Morgan fingerprint density at radius 1 is 1.07 bits per heavy atom. The van der Waals surface area contributed by atoms with Crippen LogP contribution < -0.4 is 0 Å². The van der Waals surface area contributed by atoms with Crippen molar-refractivity contribution in [3.05, 3.63) is 65.4 Å². The Balaban J connectivity index is 1.52. The molecule has 30 heavy (non-hydrogen) atoms. The monoisotopic (exact) mass is 418 g/mol. The first-order chi connectivity index (χ1) is 14.3. The highest BCUT2D eigenvalue weighted by atomic mass is 32.2. The first kappa shape index (κ1) is 20.4. The minimum atomic E-state index is 0.0917. The topological polar surface area (TPSA) is 63.6 Å². The quantitative estimate of drug-likeness (QED) is 0.341. The summed E-state index contributed by atoms with van der Waals surface area (Å²) in [6.45, 7) is 8.54. The van der Waals surface area contributed by atoms with Crippen LogP contribution in [0.3, 0.4) is 0 Å². The molecule has 6 heteroatoms. The molecule has 0 amide bonds. The summed E-state index contributed by atoms with van der Waals surface area (Å²) < 4.78 is 1.95. The normalized spacial score (nSPS) is 11.9. The van der Waals surface area contributed by atoms with Crippen LogP contribution in [0.5, 0.6) is 0 Å². The molecular weight excluding hydrogens is 392 g/mol. The third-order valence-corrected chi connectivity index (χ3v) is 6.37. The van der Waals surface area contributed by atoms with Gasteiger partial charge in [0.2, 0.25) is 0 Å². The number of aromatic amines is 1. The lowest BCUT2D eigenvalue weighted by Crippen LogP contribution is -2.10. The van der Waals surface area contributed by atoms with Crippen molar-refractivity contribution in [2.45, 2.75) is 38.3 Å². The highest BCUT2D eigenvalue weighted by Crippen LogP contribution is 2.28. The fraction of sp³-hybridized carbons (Fsp3) is 0.292. The van der Waals surface area contributed by atoms with Gasteiger partial charge in [-0.2, -0.15) is 0 Å². The van der Waals surface area contributed by atoms with E-state index in [0.29, 0.717) is 5.75 Å². The largest absolute Gasteiger partial charge is 0.358 e. The molecule has 2 aromatic carbocycles. The molecule has 2 heterocycles. The summed E-state index contributed by atoms with van der Waals surface area (Å²) in [5, 5.41) is 10.4. The summed E-state index contributed by atoms with van der Waals surface area (Å²) in [7, 11) is 1.94. The first-order valence-electron chi connectivity index (χ1n) is 9.99.